The Hall–Kier alpha value is -2.51. The number of thiophene rings is 1. The number of hydrogen-bond acceptors (Lipinski definition) is 6. The van der Waals surface area contributed by atoms with Crippen molar-refractivity contribution in [2.45, 2.75) is 18.9 Å². The van der Waals surface area contributed by atoms with Crippen molar-refractivity contribution >= 4 is 34.0 Å². The summed E-state index contributed by atoms with van der Waals surface area (Å²) in [6.07, 6.45) is 1.59. The molecule has 2 fully saturated rings. The number of fused-ring (bicyclic) bond motifs is 1. The highest BCUT2D eigenvalue weighted by Crippen LogP contribution is 2.30. The van der Waals surface area contributed by atoms with E-state index in [2.05, 4.69) is 17.0 Å². The molecule has 0 unspecified atom stereocenters. The van der Waals surface area contributed by atoms with Gasteiger partial charge in [-0.3, -0.25) is 4.79 Å². The standard InChI is InChI=1S/C21H22N4O2S/c26-21(17-7-3-13-27-17)25-11-9-24(10-12-25)20-15-5-1-2-6-16(15)22-19(23-20)18-8-4-14-28-18/h1-2,4-6,8,14,17H,3,7,9-13H2/t17-/m1/s1. The first kappa shape index (κ1) is 17.6. The molecule has 2 aromatic heterocycles. The summed E-state index contributed by atoms with van der Waals surface area (Å²) in [5, 5.41) is 3.10. The molecule has 0 aliphatic carbocycles. The fourth-order valence-electron chi connectivity index (χ4n) is 3.93. The van der Waals surface area contributed by atoms with E-state index in [1.807, 2.05) is 34.5 Å². The highest BCUT2D eigenvalue weighted by molar-refractivity contribution is 7.13. The van der Waals surface area contributed by atoms with Crippen LogP contribution in [-0.4, -0.2) is 59.7 Å². The van der Waals surface area contributed by atoms with Crippen LogP contribution in [0.2, 0.25) is 0 Å². The number of benzene rings is 1. The second-order valence-electron chi connectivity index (χ2n) is 7.18. The SMILES string of the molecule is O=C([C@H]1CCCO1)N1CCN(c2nc(-c3cccs3)nc3ccccc23)CC1. The van der Waals surface area contributed by atoms with Gasteiger partial charge >= 0.3 is 0 Å². The van der Waals surface area contributed by atoms with E-state index in [9.17, 15) is 4.79 Å². The molecule has 6 nitrogen and oxygen atoms in total. The summed E-state index contributed by atoms with van der Waals surface area (Å²) in [6.45, 7) is 3.64. The number of hydrogen-bond donors (Lipinski definition) is 0. The molecule has 4 heterocycles. The number of ether oxygens (including phenoxy) is 1. The van der Waals surface area contributed by atoms with Crippen LogP contribution >= 0.6 is 11.3 Å². The molecule has 2 saturated heterocycles. The van der Waals surface area contributed by atoms with Gasteiger partial charge in [-0.1, -0.05) is 18.2 Å². The third-order valence-corrected chi connectivity index (χ3v) is 6.29. The van der Waals surface area contributed by atoms with Gasteiger partial charge in [0, 0.05) is 38.2 Å². The Kier molecular flexibility index (Phi) is 4.70. The molecule has 0 N–H and O–H groups in total. The fraction of sp³-hybridized carbons (Fsp3) is 0.381. The van der Waals surface area contributed by atoms with Gasteiger partial charge in [-0.15, -0.1) is 11.3 Å². The molecule has 1 aromatic carbocycles. The number of nitrogens with zero attached hydrogens (tertiary/aromatic N) is 4. The van der Waals surface area contributed by atoms with Gasteiger partial charge in [-0.25, -0.2) is 9.97 Å². The average Bonchev–Trinajstić information content (AvgIpc) is 3.47. The molecular weight excluding hydrogens is 372 g/mol. The van der Waals surface area contributed by atoms with Crippen LogP contribution in [0.4, 0.5) is 5.82 Å². The van der Waals surface area contributed by atoms with Gasteiger partial charge in [-0.2, -0.15) is 0 Å². The van der Waals surface area contributed by atoms with Crippen LogP contribution in [0.15, 0.2) is 41.8 Å². The van der Waals surface area contributed by atoms with E-state index in [1.165, 1.54) is 0 Å². The van der Waals surface area contributed by atoms with E-state index in [0.717, 1.165) is 53.4 Å². The Morgan fingerprint density at radius 2 is 1.93 bits per heavy atom. The first-order valence-corrected chi connectivity index (χ1v) is 10.6. The third kappa shape index (κ3) is 3.25. The second kappa shape index (κ2) is 7.48. The van der Waals surface area contributed by atoms with Crippen LogP contribution < -0.4 is 4.90 Å². The van der Waals surface area contributed by atoms with Crippen LogP contribution in [0, 0.1) is 0 Å². The van der Waals surface area contributed by atoms with Crippen molar-refractivity contribution < 1.29 is 9.53 Å². The first-order valence-electron chi connectivity index (χ1n) is 9.75. The molecule has 2 aliphatic heterocycles. The van der Waals surface area contributed by atoms with E-state index in [-0.39, 0.29) is 12.0 Å². The summed E-state index contributed by atoms with van der Waals surface area (Å²) < 4.78 is 5.57. The molecule has 7 heteroatoms. The maximum Gasteiger partial charge on any atom is 0.251 e. The Morgan fingerprint density at radius 3 is 2.68 bits per heavy atom. The minimum Gasteiger partial charge on any atom is -0.368 e. The molecule has 1 amide bonds. The Morgan fingerprint density at radius 1 is 1.07 bits per heavy atom. The average molecular weight is 395 g/mol. The van der Waals surface area contributed by atoms with Crippen molar-refractivity contribution in [1.29, 1.82) is 0 Å². The van der Waals surface area contributed by atoms with Crippen LogP contribution in [0.1, 0.15) is 12.8 Å². The predicted molar refractivity (Wildman–Crippen MR) is 111 cm³/mol. The van der Waals surface area contributed by atoms with Crippen LogP contribution in [0.3, 0.4) is 0 Å². The normalized spacial score (nSPS) is 20.1. The molecular formula is C21H22N4O2S. The second-order valence-corrected chi connectivity index (χ2v) is 8.13. The quantitative estimate of drug-likeness (QED) is 0.683. The lowest BCUT2D eigenvalue weighted by atomic mass is 10.1. The minimum atomic E-state index is -0.239. The summed E-state index contributed by atoms with van der Waals surface area (Å²) >= 11 is 1.65. The number of rotatable bonds is 3. The van der Waals surface area contributed by atoms with Gasteiger partial charge in [-0.05, 0) is 36.4 Å². The zero-order valence-electron chi connectivity index (χ0n) is 15.6. The molecule has 3 aromatic rings. The highest BCUT2D eigenvalue weighted by atomic mass is 32.1. The van der Waals surface area contributed by atoms with E-state index < -0.39 is 0 Å². The minimum absolute atomic E-state index is 0.143. The molecule has 0 saturated carbocycles. The van der Waals surface area contributed by atoms with E-state index in [0.29, 0.717) is 19.7 Å². The van der Waals surface area contributed by atoms with Crippen LogP contribution in [-0.2, 0) is 9.53 Å². The van der Waals surface area contributed by atoms with Crippen molar-refractivity contribution in [2.75, 3.05) is 37.7 Å². The monoisotopic (exact) mass is 394 g/mol. The number of amides is 1. The Balaban J connectivity index is 1.41. The van der Waals surface area contributed by atoms with E-state index >= 15 is 0 Å². The van der Waals surface area contributed by atoms with Crippen LogP contribution in [0.25, 0.3) is 21.6 Å². The molecule has 28 heavy (non-hydrogen) atoms. The van der Waals surface area contributed by atoms with Crippen LogP contribution in [0.5, 0.6) is 0 Å². The molecule has 1 atom stereocenters. The predicted octanol–water partition coefficient (Wildman–Crippen LogP) is 3.19. The molecule has 0 spiro atoms. The topological polar surface area (TPSA) is 58.6 Å². The van der Waals surface area contributed by atoms with Gasteiger partial charge in [0.2, 0.25) is 0 Å². The molecule has 144 valence electrons. The zero-order valence-corrected chi connectivity index (χ0v) is 16.4. The molecule has 2 aliphatic rings. The summed E-state index contributed by atoms with van der Waals surface area (Å²) in [7, 11) is 0. The summed E-state index contributed by atoms with van der Waals surface area (Å²) in [6, 6.07) is 12.2. The van der Waals surface area contributed by atoms with Crippen molar-refractivity contribution in [1.82, 2.24) is 14.9 Å². The maximum absolute atomic E-state index is 12.6. The van der Waals surface area contributed by atoms with Gasteiger partial charge in [0.15, 0.2) is 5.82 Å². The lowest BCUT2D eigenvalue weighted by Gasteiger charge is -2.36. The number of piperazine rings is 1. The number of anilines is 1. The smallest absolute Gasteiger partial charge is 0.251 e. The van der Waals surface area contributed by atoms with E-state index in [1.54, 1.807) is 11.3 Å². The third-order valence-electron chi connectivity index (χ3n) is 5.42. The van der Waals surface area contributed by atoms with Crippen molar-refractivity contribution in [3.8, 4) is 10.7 Å². The van der Waals surface area contributed by atoms with Crippen molar-refractivity contribution in [2.24, 2.45) is 0 Å². The lowest BCUT2D eigenvalue weighted by molar-refractivity contribution is -0.141. The molecule has 0 radical (unpaired) electrons. The van der Waals surface area contributed by atoms with Crippen molar-refractivity contribution in [3.05, 3.63) is 41.8 Å². The van der Waals surface area contributed by atoms with Gasteiger partial charge in [0.25, 0.3) is 5.91 Å². The Labute approximate surface area is 167 Å². The van der Waals surface area contributed by atoms with E-state index in [4.69, 9.17) is 14.7 Å². The lowest BCUT2D eigenvalue weighted by Crippen LogP contribution is -2.51. The zero-order chi connectivity index (χ0) is 18.9. The Bertz CT molecular complexity index is 977. The van der Waals surface area contributed by atoms with Gasteiger partial charge < -0.3 is 14.5 Å². The van der Waals surface area contributed by atoms with Gasteiger partial charge in [0.05, 0.1) is 10.4 Å². The largest absolute Gasteiger partial charge is 0.368 e. The molecule has 0 bridgehead atoms. The maximum atomic E-state index is 12.6. The fourth-order valence-corrected chi connectivity index (χ4v) is 4.59. The summed E-state index contributed by atoms with van der Waals surface area (Å²) in [4.78, 5) is 27.6. The molecule has 5 rings (SSSR count). The highest BCUT2D eigenvalue weighted by Gasteiger charge is 2.31. The van der Waals surface area contributed by atoms with Crippen molar-refractivity contribution in [3.63, 3.8) is 0 Å². The number of carbonyl (C=O) groups excluding carboxylic acids is 1. The number of para-hydroxylation sites is 1. The number of carbonyl (C=O) groups is 1. The van der Waals surface area contributed by atoms with Gasteiger partial charge in [0.1, 0.15) is 11.9 Å². The summed E-state index contributed by atoms with van der Waals surface area (Å²) in [5.74, 6) is 1.86. The first-order chi connectivity index (χ1) is 13.8. The summed E-state index contributed by atoms with van der Waals surface area (Å²) in [5.41, 5.74) is 0.953. The number of aromatic nitrogens is 2.